The molecule has 2 rings (SSSR count). The second-order valence-corrected chi connectivity index (χ2v) is 5.85. The Bertz CT molecular complexity index is 820. The van der Waals surface area contributed by atoms with E-state index in [0.29, 0.717) is 30.2 Å². The van der Waals surface area contributed by atoms with Crippen LogP contribution in [0.1, 0.15) is 29.7 Å². The van der Waals surface area contributed by atoms with Gasteiger partial charge in [0.1, 0.15) is 5.75 Å². The molecule has 0 radical (unpaired) electrons. The van der Waals surface area contributed by atoms with Crippen molar-refractivity contribution in [3.05, 3.63) is 65.2 Å². The van der Waals surface area contributed by atoms with Crippen LogP contribution in [0.4, 0.5) is 8.78 Å². The second kappa shape index (κ2) is 10.8. The number of hydrogen-bond donors (Lipinski definition) is 3. The van der Waals surface area contributed by atoms with Gasteiger partial charge in [0.2, 0.25) is 0 Å². The van der Waals surface area contributed by atoms with Crippen LogP contribution >= 0.6 is 0 Å². The van der Waals surface area contributed by atoms with E-state index in [1.54, 1.807) is 18.2 Å². The van der Waals surface area contributed by atoms with E-state index in [4.69, 9.17) is 5.26 Å². The summed E-state index contributed by atoms with van der Waals surface area (Å²) in [5, 5.41) is 25.4. The van der Waals surface area contributed by atoms with Crippen LogP contribution in [0, 0.1) is 11.3 Å². The first-order valence-corrected chi connectivity index (χ1v) is 8.76. The Kier molecular flexibility index (Phi) is 8.18. The first kappa shape index (κ1) is 21.1. The summed E-state index contributed by atoms with van der Waals surface area (Å²) in [5.41, 5.74) is 2.03. The highest BCUT2D eigenvalue weighted by Crippen LogP contribution is 2.19. The second-order valence-electron chi connectivity index (χ2n) is 5.85. The molecule has 0 aromatic heterocycles. The smallest absolute Gasteiger partial charge is 0.387 e. The molecule has 1 atom stereocenters. The number of nitrogens with one attached hydrogen (secondary N) is 2. The first-order chi connectivity index (χ1) is 13.5. The molecule has 0 spiro atoms. The van der Waals surface area contributed by atoms with Crippen molar-refractivity contribution >= 4 is 5.96 Å². The molecule has 0 saturated heterocycles. The summed E-state index contributed by atoms with van der Waals surface area (Å²) in [7, 11) is 0. The van der Waals surface area contributed by atoms with Crippen LogP contribution < -0.4 is 15.4 Å². The van der Waals surface area contributed by atoms with Gasteiger partial charge in [0.25, 0.3) is 0 Å². The third-order valence-electron chi connectivity index (χ3n) is 3.77. The summed E-state index contributed by atoms with van der Waals surface area (Å²) >= 11 is 0. The molecule has 0 aliphatic carbocycles. The van der Waals surface area contributed by atoms with Crippen molar-refractivity contribution < 1.29 is 18.6 Å². The van der Waals surface area contributed by atoms with Crippen LogP contribution in [0.2, 0.25) is 0 Å². The van der Waals surface area contributed by atoms with Crippen LogP contribution in [-0.4, -0.2) is 30.8 Å². The van der Waals surface area contributed by atoms with Crippen molar-refractivity contribution in [2.45, 2.75) is 26.2 Å². The van der Waals surface area contributed by atoms with Gasteiger partial charge in [-0.3, -0.25) is 0 Å². The molecular formula is C20H22F2N4O2. The van der Waals surface area contributed by atoms with Gasteiger partial charge in [-0.05, 0) is 42.3 Å². The molecule has 2 aromatic carbocycles. The predicted octanol–water partition coefficient (Wildman–Crippen LogP) is 2.95. The van der Waals surface area contributed by atoms with E-state index in [2.05, 4.69) is 26.4 Å². The lowest BCUT2D eigenvalue weighted by Crippen LogP contribution is -2.39. The molecule has 0 fully saturated rings. The largest absolute Gasteiger partial charge is 0.435 e. The number of aliphatic hydroxyl groups is 1. The van der Waals surface area contributed by atoms with Gasteiger partial charge >= 0.3 is 6.61 Å². The molecule has 0 bridgehead atoms. The first-order valence-electron chi connectivity index (χ1n) is 8.76. The average Bonchev–Trinajstić information content (AvgIpc) is 2.70. The van der Waals surface area contributed by atoms with Crippen LogP contribution in [0.3, 0.4) is 0 Å². The Morgan fingerprint density at radius 2 is 1.96 bits per heavy atom. The lowest BCUT2D eigenvalue weighted by molar-refractivity contribution is -0.0498. The Labute approximate surface area is 162 Å². The summed E-state index contributed by atoms with van der Waals surface area (Å²) in [6.45, 7) is 0.232. The Morgan fingerprint density at radius 3 is 2.61 bits per heavy atom. The molecule has 0 saturated carbocycles. The highest BCUT2D eigenvalue weighted by molar-refractivity contribution is 5.79. The minimum Gasteiger partial charge on any atom is -0.435 e. The maximum absolute atomic E-state index is 12.2. The van der Waals surface area contributed by atoms with Crippen LogP contribution in [0.5, 0.6) is 5.75 Å². The highest BCUT2D eigenvalue weighted by atomic mass is 19.3. The summed E-state index contributed by atoms with van der Waals surface area (Å²) in [5.74, 6) is 0.551. The third-order valence-corrected chi connectivity index (χ3v) is 3.77. The lowest BCUT2D eigenvalue weighted by atomic mass is 10.1. The van der Waals surface area contributed by atoms with Gasteiger partial charge in [-0.15, -0.1) is 0 Å². The number of benzene rings is 2. The van der Waals surface area contributed by atoms with Crippen LogP contribution in [-0.2, 0) is 6.54 Å². The normalized spacial score (nSPS) is 12.4. The fourth-order valence-corrected chi connectivity index (χ4v) is 2.43. The quantitative estimate of drug-likeness (QED) is 0.478. The molecule has 148 valence electrons. The molecule has 0 aliphatic rings. The Hall–Kier alpha value is -3.18. The standard InChI is InChI=1S/C20H22F2N4O2/c1-2-24-20(25-12-15-5-3-4-14(10-15)11-23)26-13-18(27)16-6-8-17(9-7-16)28-19(21)22/h3-10,18-19,27H,2,12-13H2,1H3,(H2,24,25,26). The lowest BCUT2D eigenvalue weighted by Gasteiger charge is -2.16. The van der Waals surface area contributed by atoms with E-state index in [1.165, 1.54) is 24.3 Å². The number of aliphatic hydroxyl groups excluding tert-OH is 1. The maximum atomic E-state index is 12.2. The van der Waals surface area contributed by atoms with Crippen molar-refractivity contribution in [1.82, 2.24) is 10.6 Å². The maximum Gasteiger partial charge on any atom is 0.387 e. The highest BCUT2D eigenvalue weighted by Gasteiger charge is 2.10. The van der Waals surface area contributed by atoms with Gasteiger partial charge in [0.05, 0.1) is 24.3 Å². The number of ether oxygens (including phenoxy) is 1. The van der Waals surface area contributed by atoms with Crippen molar-refractivity contribution in [3.8, 4) is 11.8 Å². The van der Waals surface area contributed by atoms with Gasteiger partial charge in [0, 0.05) is 13.1 Å². The molecule has 0 heterocycles. The third kappa shape index (κ3) is 6.85. The fraction of sp³-hybridized carbons (Fsp3) is 0.300. The monoisotopic (exact) mass is 388 g/mol. The van der Waals surface area contributed by atoms with Gasteiger partial charge in [-0.1, -0.05) is 24.3 Å². The molecule has 0 aliphatic heterocycles. The van der Waals surface area contributed by atoms with Crippen molar-refractivity contribution in [2.75, 3.05) is 13.1 Å². The van der Waals surface area contributed by atoms with E-state index in [9.17, 15) is 13.9 Å². The summed E-state index contributed by atoms with van der Waals surface area (Å²) < 4.78 is 28.7. The molecular weight excluding hydrogens is 366 g/mol. The fourth-order valence-electron chi connectivity index (χ4n) is 2.43. The topological polar surface area (TPSA) is 89.7 Å². The van der Waals surface area contributed by atoms with Crippen molar-refractivity contribution in [3.63, 3.8) is 0 Å². The number of halogens is 2. The van der Waals surface area contributed by atoms with Gasteiger partial charge < -0.3 is 20.5 Å². The molecule has 28 heavy (non-hydrogen) atoms. The number of alkyl halides is 2. The molecule has 6 nitrogen and oxygen atoms in total. The van der Waals surface area contributed by atoms with Crippen molar-refractivity contribution in [1.29, 1.82) is 5.26 Å². The SMILES string of the molecule is CCNC(=NCc1cccc(C#N)c1)NCC(O)c1ccc(OC(F)F)cc1. The van der Waals surface area contributed by atoms with E-state index in [0.717, 1.165) is 5.56 Å². The summed E-state index contributed by atoms with van der Waals surface area (Å²) in [6, 6.07) is 15.1. The minimum atomic E-state index is -2.88. The van der Waals surface area contributed by atoms with Gasteiger partial charge in [0.15, 0.2) is 5.96 Å². The zero-order chi connectivity index (χ0) is 20.4. The molecule has 0 amide bonds. The average molecular weight is 388 g/mol. The summed E-state index contributed by atoms with van der Waals surface area (Å²) in [6.07, 6.45) is -0.855. The Balaban J connectivity index is 1.95. The van der Waals surface area contributed by atoms with E-state index in [1.807, 2.05) is 13.0 Å². The molecule has 2 aromatic rings. The van der Waals surface area contributed by atoms with E-state index in [-0.39, 0.29) is 12.3 Å². The van der Waals surface area contributed by atoms with Crippen LogP contribution in [0.15, 0.2) is 53.5 Å². The number of hydrogen-bond acceptors (Lipinski definition) is 4. The number of nitrogens with zero attached hydrogens (tertiary/aromatic N) is 2. The molecule has 8 heteroatoms. The molecule has 3 N–H and O–H groups in total. The Morgan fingerprint density at radius 1 is 1.21 bits per heavy atom. The zero-order valence-corrected chi connectivity index (χ0v) is 15.4. The predicted molar refractivity (Wildman–Crippen MR) is 102 cm³/mol. The number of rotatable bonds is 8. The van der Waals surface area contributed by atoms with Crippen LogP contribution in [0.25, 0.3) is 0 Å². The van der Waals surface area contributed by atoms with E-state index < -0.39 is 12.7 Å². The van der Waals surface area contributed by atoms with Crippen molar-refractivity contribution in [2.24, 2.45) is 4.99 Å². The minimum absolute atomic E-state index is 0.0356. The zero-order valence-electron chi connectivity index (χ0n) is 15.4. The van der Waals surface area contributed by atoms with Gasteiger partial charge in [-0.2, -0.15) is 14.0 Å². The molecule has 1 unspecified atom stereocenters. The number of guanidine groups is 1. The number of aliphatic imine (C=N–C) groups is 1. The number of nitriles is 1. The van der Waals surface area contributed by atoms with Gasteiger partial charge in [-0.25, -0.2) is 4.99 Å². The summed E-state index contributed by atoms with van der Waals surface area (Å²) in [4.78, 5) is 4.44. The van der Waals surface area contributed by atoms with E-state index >= 15 is 0 Å².